The largest absolute Gasteiger partial charge is 0.457 e. The fourth-order valence-electron chi connectivity index (χ4n) is 1.56. The third-order valence-electron chi connectivity index (χ3n) is 2.47. The summed E-state index contributed by atoms with van der Waals surface area (Å²) in [5.74, 6) is 1.02. The summed E-state index contributed by atoms with van der Waals surface area (Å²) in [6, 6.07) is 12.4. The van der Waals surface area contributed by atoms with Gasteiger partial charge in [0.15, 0.2) is 0 Å². The van der Waals surface area contributed by atoms with E-state index < -0.39 is 11.7 Å². The van der Waals surface area contributed by atoms with Gasteiger partial charge in [-0.05, 0) is 42.8 Å². The average molecular weight is 252 g/mol. The summed E-state index contributed by atoms with van der Waals surface area (Å²) in [5, 5.41) is 0. The molecule has 0 heterocycles. The lowest BCUT2D eigenvalue weighted by atomic mass is 10.1. The van der Waals surface area contributed by atoms with Gasteiger partial charge in [0.05, 0.1) is 5.56 Å². The third kappa shape index (κ3) is 2.83. The number of aryl methyl sites for hydroxylation is 1. The molecule has 0 bridgehead atoms. The maximum absolute atomic E-state index is 12.5. The molecule has 2 aromatic rings. The van der Waals surface area contributed by atoms with E-state index in [1.165, 1.54) is 6.07 Å². The summed E-state index contributed by atoms with van der Waals surface area (Å²) in [6.07, 6.45) is -4.32. The lowest BCUT2D eigenvalue weighted by Crippen LogP contribution is -2.05. The average Bonchev–Trinajstić information content (AvgIpc) is 2.32. The number of alkyl halides is 3. The van der Waals surface area contributed by atoms with Crippen molar-refractivity contribution in [2.45, 2.75) is 13.1 Å². The smallest absolute Gasteiger partial charge is 0.416 e. The second kappa shape index (κ2) is 4.72. The molecule has 0 aliphatic heterocycles. The summed E-state index contributed by atoms with van der Waals surface area (Å²) in [5.41, 5.74) is -0.214. The van der Waals surface area contributed by atoms with Crippen LogP contribution in [0.5, 0.6) is 11.5 Å². The molecule has 0 saturated heterocycles. The molecule has 0 atom stereocenters. The molecule has 0 amide bonds. The topological polar surface area (TPSA) is 9.23 Å². The molecular formula is C14H11F3O. The molecule has 0 radical (unpaired) electrons. The highest BCUT2D eigenvalue weighted by atomic mass is 19.4. The molecule has 4 heteroatoms. The van der Waals surface area contributed by atoms with Gasteiger partial charge in [-0.1, -0.05) is 18.2 Å². The van der Waals surface area contributed by atoms with E-state index in [4.69, 9.17) is 4.74 Å². The van der Waals surface area contributed by atoms with Crippen LogP contribution in [0.3, 0.4) is 0 Å². The number of rotatable bonds is 2. The van der Waals surface area contributed by atoms with Crippen LogP contribution in [-0.4, -0.2) is 0 Å². The molecule has 1 nitrogen and oxygen atoms in total. The van der Waals surface area contributed by atoms with Crippen molar-refractivity contribution < 1.29 is 17.9 Å². The van der Waals surface area contributed by atoms with Gasteiger partial charge in [0.2, 0.25) is 0 Å². The first-order valence-electron chi connectivity index (χ1n) is 5.37. The molecule has 0 fully saturated rings. The van der Waals surface area contributed by atoms with E-state index in [0.717, 1.165) is 12.1 Å². The van der Waals surface area contributed by atoms with Crippen molar-refractivity contribution in [1.82, 2.24) is 0 Å². The Hall–Kier alpha value is -1.97. The van der Waals surface area contributed by atoms with Crippen molar-refractivity contribution in [3.63, 3.8) is 0 Å². The Morgan fingerprint density at radius 3 is 2.17 bits per heavy atom. The molecule has 0 aromatic heterocycles. The number of halogens is 3. The zero-order valence-corrected chi connectivity index (χ0v) is 9.66. The van der Waals surface area contributed by atoms with Crippen LogP contribution in [0.4, 0.5) is 13.2 Å². The fourth-order valence-corrected chi connectivity index (χ4v) is 1.56. The molecule has 0 spiro atoms. The minimum absolute atomic E-state index is 0.425. The molecule has 18 heavy (non-hydrogen) atoms. The predicted octanol–water partition coefficient (Wildman–Crippen LogP) is 4.81. The van der Waals surface area contributed by atoms with E-state index >= 15 is 0 Å². The summed E-state index contributed by atoms with van der Waals surface area (Å²) < 4.78 is 43.0. The first-order chi connectivity index (χ1) is 8.47. The normalized spacial score (nSPS) is 11.3. The van der Waals surface area contributed by atoms with Crippen LogP contribution >= 0.6 is 0 Å². The lowest BCUT2D eigenvalue weighted by Gasteiger charge is -2.12. The minimum Gasteiger partial charge on any atom is -0.457 e. The predicted molar refractivity (Wildman–Crippen MR) is 62.7 cm³/mol. The molecule has 2 aromatic carbocycles. The monoisotopic (exact) mass is 252 g/mol. The molecule has 0 saturated carbocycles. The second-order valence-corrected chi connectivity index (χ2v) is 3.89. The molecule has 94 valence electrons. The fraction of sp³-hybridized carbons (Fsp3) is 0.143. The zero-order chi connectivity index (χ0) is 13.2. The van der Waals surface area contributed by atoms with E-state index in [1.54, 1.807) is 31.2 Å². The highest BCUT2D eigenvalue weighted by Crippen LogP contribution is 2.33. The van der Waals surface area contributed by atoms with Gasteiger partial charge in [0.1, 0.15) is 11.5 Å². The van der Waals surface area contributed by atoms with Gasteiger partial charge in [0, 0.05) is 0 Å². The maximum Gasteiger partial charge on any atom is 0.416 e. The van der Waals surface area contributed by atoms with E-state index in [1.807, 2.05) is 6.07 Å². The van der Waals surface area contributed by atoms with E-state index in [0.29, 0.717) is 17.1 Å². The van der Waals surface area contributed by atoms with Crippen molar-refractivity contribution in [3.8, 4) is 11.5 Å². The van der Waals surface area contributed by atoms with Crippen molar-refractivity contribution in [2.24, 2.45) is 0 Å². The summed E-state index contributed by atoms with van der Waals surface area (Å²) in [7, 11) is 0. The lowest BCUT2D eigenvalue weighted by molar-refractivity contribution is -0.137. The molecule has 0 aliphatic rings. The van der Waals surface area contributed by atoms with Gasteiger partial charge in [-0.15, -0.1) is 0 Å². The van der Waals surface area contributed by atoms with Gasteiger partial charge in [0.25, 0.3) is 0 Å². The number of benzene rings is 2. The number of para-hydroxylation sites is 1. The Morgan fingerprint density at radius 2 is 1.61 bits per heavy atom. The van der Waals surface area contributed by atoms with Crippen LogP contribution in [-0.2, 0) is 6.18 Å². The number of ether oxygens (including phenoxy) is 1. The Bertz CT molecular complexity index is 532. The van der Waals surface area contributed by atoms with Crippen molar-refractivity contribution in [1.29, 1.82) is 0 Å². The van der Waals surface area contributed by atoms with Crippen LogP contribution in [0.25, 0.3) is 0 Å². The first-order valence-corrected chi connectivity index (χ1v) is 5.37. The highest BCUT2D eigenvalue weighted by molar-refractivity contribution is 5.40. The van der Waals surface area contributed by atoms with Gasteiger partial charge >= 0.3 is 6.18 Å². The molecule has 0 N–H and O–H groups in total. The summed E-state index contributed by atoms with van der Waals surface area (Å²) in [6.45, 7) is 1.59. The third-order valence-corrected chi connectivity index (χ3v) is 2.47. The van der Waals surface area contributed by atoms with Crippen LogP contribution in [0.1, 0.15) is 11.1 Å². The van der Waals surface area contributed by atoms with Crippen molar-refractivity contribution >= 4 is 0 Å². The van der Waals surface area contributed by atoms with Crippen molar-refractivity contribution in [2.75, 3.05) is 0 Å². The Labute approximate surface area is 103 Å². The SMILES string of the molecule is Cc1cc(C(F)(F)F)ccc1Oc1ccccc1. The molecule has 2 rings (SSSR count). The minimum atomic E-state index is -4.32. The van der Waals surface area contributed by atoms with E-state index in [2.05, 4.69) is 0 Å². The highest BCUT2D eigenvalue weighted by Gasteiger charge is 2.30. The number of hydrogen-bond acceptors (Lipinski definition) is 1. The van der Waals surface area contributed by atoms with Crippen LogP contribution in [0, 0.1) is 6.92 Å². The maximum atomic E-state index is 12.5. The quantitative estimate of drug-likeness (QED) is 0.745. The molecule has 0 aliphatic carbocycles. The molecule has 0 unspecified atom stereocenters. The Morgan fingerprint density at radius 1 is 0.944 bits per heavy atom. The number of hydrogen-bond donors (Lipinski definition) is 0. The van der Waals surface area contributed by atoms with E-state index in [9.17, 15) is 13.2 Å². The van der Waals surface area contributed by atoms with Gasteiger partial charge in [-0.25, -0.2) is 0 Å². The Balaban J connectivity index is 2.26. The van der Waals surface area contributed by atoms with E-state index in [-0.39, 0.29) is 0 Å². The zero-order valence-electron chi connectivity index (χ0n) is 9.66. The summed E-state index contributed by atoms with van der Waals surface area (Å²) >= 11 is 0. The van der Waals surface area contributed by atoms with Gasteiger partial charge in [-0.3, -0.25) is 0 Å². The van der Waals surface area contributed by atoms with Gasteiger partial charge < -0.3 is 4.74 Å². The van der Waals surface area contributed by atoms with Gasteiger partial charge in [-0.2, -0.15) is 13.2 Å². The first kappa shape index (κ1) is 12.5. The molecular weight excluding hydrogens is 241 g/mol. The Kier molecular flexibility index (Phi) is 3.28. The van der Waals surface area contributed by atoms with Crippen LogP contribution in [0.15, 0.2) is 48.5 Å². The second-order valence-electron chi connectivity index (χ2n) is 3.89. The summed E-state index contributed by atoms with van der Waals surface area (Å²) in [4.78, 5) is 0. The van der Waals surface area contributed by atoms with Crippen LogP contribution < -0.4 is 4.74 Å². The standard InChI is InChI=1S/C14H11F3O/c1-10-9-11(14(15,16)17)7-8-13(10)18-12-5-3-2-4-6-12/h2-9H,1H3. The van der Waals surface area contributed by atoms with Crippen LogP contribution in [0.2, 0.25) is 0 Å². The van der Waals surface area contributed by atoms with Crippen molar-refractivity contribution in [3.05, 3.63) is 59.7 Å².